The van der Waals surface area contributed by atoms with E-state index >= 15 is 0 Å². The first-order chi connectivity index (χ1) is 9.01. The summed E-state index contributed by atoms with van der Waals surface area (Å²) in [6.07, 6.45) is 6.61. The molecule has 2 fully saturated rings. The summed E-state index contributed by atoms with van der Waals surface area (Å²) in [5, 5.41) is 3.31. The van der Waals surface area contributed by atoms with Crippen LogP contribution < -0.4 is 11.1 Å². The molecule has 0 bridgehead atoms. The van der Waals surface area contributed by atoms with Crippen molar-refractivity contribution in [2.75, 3.05) is 0 Å². The summed E-state index contributed by atoms with van der Waals surface area (Å²) >= 11 is 0. The number of carbonyl (C=O) groups is 1. The third-order valence-corrected chi connectivity index (χ3v) is 5.43. The molecule has 6 unspecified atom stereocenters. The monoisotopic (exact) mass is 266 g/mol. The lowest BCUT2D eigenvalue weighted by Crippen LogP contribution is -2.45. The van der Waals surface area contributed by atoms with E-state index < -0.39 is 0 Å². The molecular weight excluding hydrogens is 236 g/mol. The molecule has 0 aromatic heterocycles. The van der Waals surface area contributed by atoms with Crippen molar-refractivity contribution in [3.05, 3.63) is 0 Å². The van der Waals surface area contributed by atoms with Crippen LogP contribution in [0.15, 0.2) is 0 Å². The normalized spacial score (nSPS) is 43.2. The molecular formula is C16H30N2O. The van der Waals surface area contributed by atoms with Crippen LogP contribution in [0.25, 0.3) is 0 Å². The molecule has 0 aliphatic heterocycles. The first-order valence-corrected chi connectivity index (χ1v) is 8.07. The zero-order chi connectivity index (χ0) is 14.0. The predicted molar refractivity (Wildman–Crippen MR) is 78.6 cm³/mol. The van der Waals surface area contributed by atoms with Crippen molar-refractivity contribution in [3.8, 4) is 0 Å². The van der Waals surface area contributed by atoms with Crippen molar-refractivity contribution in [1.82, 2.24) is 5.32 Å². The quantitative estimate of drug-likeness (QED) is 0.825. The Bertz CT molecular complexity index is 308. The zero-order valence-electron chi connectivity index (χ0n) is 12.7. The van der Waals surface area contributed by atoms with Crippen LogP contribution in [-0.4, -0.2) is 18.0 Å². The Morgan fingerprint density at radius 3 is 2.53 bits per heavy atom. The first kappa shape index (κ1) is 14.8. The maximum Gasteiger partial charge on any atom is 0.223 e. The van der Waals surface area contributed by atoms with Gasteiger partial charge in [0.1, 0.15) is 0 Å². The van der Waals surface area contributed by atoms with Gasteiger partial charge < -0.3 is 11.1 Å². The lowest BCUT2D eigenvalue weighted by atomic mass is 9.79. The number of carbonyl (C=O) groups excluding carboxylic acids is 1. The molecule has 3 heteroatoms. The molecule has 19 heavy (non-hydrogen) atoms. The Kier molecular flexibility index (Phi) is 4.88. The second-order valence-electron chi connectivity index (χ2n) is 6.99. The number of hydrogen-bond donors (Lipinski definition) is 2. The van der Waals surface area contributed by atoms with E-state index in [0.717, 1.165) is 31.6 Å². The molecule has 110 valence electrons. The first-order valence-electron chi connectivity index (χ1n) is 8.07. The molecule has 0 saturated heterocycles. The van der Waals surface area contributed by atoms with Gasteiger partial charge in [-0.25, -0.2) is 0 Å². The van der Waals surface area contributed by atoms with E-state index in [4.69, 9.17) is 5.73 Å². The van der Waals surface area contributed by atoms with Crippen molar-refractivity contribution in [2.24, 2.45) is 29.4 Å². The number of nitrogens with two attached hydrogens (primary N) is 1. The molecule has 0 radical (unpaired) electrons. The van der Waals surface area contributed by atoms with Gasteiger partial charge in [-0.3, -0.25) is 4.79 Å². The fourth-order valence-corrected chi connectivity index (χ4v) is 4.20. The molecule has 2 aliphatic rings. The molecule has 0 aromatic carbocycles. The Hall–Kier alpha value is -0.570. The van der Waals surface area contributed by atoms with Crippen LogP contribution in [0.4, 0.5) is 0 Å². The van der Waals surface area contributed by atoms with Crippen molar-refractivity contribution >= 4 is 5.91 Å². The summed E-state index contributed by atoms with van der Waals surface area (Å²) < 4.78 is 0. The number of hydrogen-bond acceptors (Lipinski definition) is 2. The van der Waals surface area contributed by atoms with Crippen LogP contribution in [0.2, 0.25) is 0 Å². The van der Waals surface area contributed by atoms with Crippen molar-refractivity contribution in [1.29, 1.82) is 0 Å². The Balaban J connectivity index is 1.87. The number of amides is 1. The SMILES string of the molecule is CCC1CCC(NC(=O)C2CC(C)CC(N)C2)C1C. The average molecular weight is 266 g/mol. The van der Waals surface area contributed by atoms with E-state index in [1.165, 1.54) is 12.8 Å². The largest absolute Gasteiger partial charge is 0.353 e. The van der Waals surface area contributed by atoms with E-state index in [1.54, 1.807) is 0 Å². The highest BCUT2D eigenvalue weighted by Gasteiger charge is 2.35. The molecule has 0 spiro atoms. The maximum atomic E-state index is 12.4. The van der Waals surface area contributed by atoms with Crippen LogP contribution in [0.5, 0.6) is 0 Å². The van der Waals surface area contributed by atoms with Crippen molar-refractivity contribution in [2.45, 2.75) is 71.4 Å². The van der Waals surface area contributed by atoms with Gasteiger partial charge in [-0.1, -0.05) is 27.2 Å². The van der Waals surface area contributed by atoms with E-state index in [-0.39, 0.29) is 17.9 Å². The van der Waals surface area contributed by atoms with Gasteiger partial charge in [0.25, 0.3) is 0 Å². The van der Waals surface area contributed by atoms with Gasteiger partial charge in [0, 0.05) is 18.0 Å². The minimum Gasteiger partial charge on any atom is -0.353 e. The van der Waals surface area contributed by atoms with Gasteiger partial charge in [0.2, 0.25) is 5.91 Å². The fraction of sp³-hybridized carbons (Fsp3) is 0.938. The lowest BCUT2D eigenvalue weighted by Gasteiger charge is -2.32. The number of rotatable bonds is 3. The van der Waals surface area contributed by atoms with E-state index in [2.05, 4.69) is 26.1 Å². The summed E-state index contributed by atoms with van der Waals surface area (Å²) in [4.78, 5) is 12.4. The summed E-state index contributed by atoms with van der Waals surface area (Å²) in [6.45, 7) is 6.76. The standard InChI is InChI=1S/C16H30N2O/c1-4-12-5-6-15(11(12)3)18-16(19)13-7-10(2)8-14(17)9-13/h10-15H,4-9,17H2,1-3H3,(H,18,19). The van der Waals surface area contributed by atoms with Gasteiger partial charge in [0.05, 0.1) is 0 Å². The second kappa shape index (κ2) is 6.25. The van der Waals surface area contributed by atoms with Crippen molar-refractivity contribution in [3.63, 3.8) is 0 Å². The van der Waals surface area contributed by atoms with Crippen LogP contribution in [0.3, 0.4) is 0 Å². The van der Waals surface area contributed by atoms with E-state index in [1.807, 2.05) is 0 Å². The lowest BCUT2D eigenvalue weighted by molar-refractivity contribution is -0.127. The smallest absolute Gasteiger partial charge is 0.223 e. The van der Waals surface area contributed by atoms with E-state index in [0.29, 0.717) is 17.9 Å². The molecule has 0 heterocycles. The van der Waals surface area contributed by atoms with Crippen LogP contribution in [-0.2, 0) is 4.79 Å². The molecule has 0 aromatic rings. The molecule has 2 saturated carbocycles. The Morgan fingerprint density at radius 2 is 1.95 bits per heavy atom. The summed E-state index contributed by atoms with van der Waals surface area (Å²) in [6, 6.07) is 0.606. The molecule has 1 amide bonds. The van der Waals surface area contributed by atoms with Crippen LogP contribution in [0.1, 0.15) is 59.3 Å². The molecule has 3 nitrogen and oxygen atoms in total. The van der Waals surface area contributed by atoms with Gasteiger partial charge in [0.15, 0.2) is 0 Å². The average Bonchev–Trinajstić information content (AvgIpc) is 2.69. The Labute approximate surface area is 117 Å². The third kappa shape index (κ3) is 3.50. The Morgan fingerprint density at radius 1 is 1.21 bits per heavy atom. The summed E-state index contributed by atoms with van der Waals surface area (Å²) in [5.41, 5.74) is 6.05. The highest BCUT2D eigenvalue weighted by Crippen LogP contribution is 2.35. The highest BCUT2D eigenvalue weighted by molar-refractivity contribution is 5.79. The summed E-state index contributed by atoms with van der Waals surface area (Å²) in [5.74, 6) is 2.41. The molecule has 2 aliphatic carbocycles. The minimum absolute atomic E-state index is 0.145. The highest BCUT2D eigenvalue weighted by atomic mass is 16.1. The molecule has 6 atom stereocenters. The third-order valence-electron chi connectivity index (χ3n) is 5.43. The van der Waals surface area contributed by atoms with Crippen molar-refractivity contribution < 1.29 is 4.79 Å². The number of nitrogens with one attached hydrogen (secondary N) is 1. The topological polar surface area (TPSA) is 55.1 Å². The second-order valence-corrected chi connectivity index (χ2v) is 6.99. The zero-order valence-corrected chi connectivity index (χ0v) is 12.7. The van der Waals surface area contributed by atoms with Crippen LogP contribution >= 0.6 is 0 Å². The summed E-state index contributed by atoms with van der Waals surface area (Å²) in [7, 11) is 0. The fourth-order valence-electron chi connectivity index (χ4n) is 4.20. The molecule has 3 N–H and O–H groups in total. The van der Waals surface area contributed by atoms with Gasteiger partial charge in [-0.05, 0) is 49.9 Å². The maximum absolute atomic E-state index is 12.4. The van der Waals surface area contributed by atoms with Gasteiger partial charge >= 0.3 is 0 Å². The van der Waals surface area contributed by atoms with Crippen LogP contribution in [0, 0.1) is 23.7 Å². The van der Waals surface area contributed by atoms with Gasteiger partial charge in [-0.15, -0.1) is 0 Å². The minimum atomic E-state index is 0.145. The van der Waals surface area contributed by atoms with Gasteiger partial charge in [-0.2, -0.15) is 0 Å². The van der Waals surface area contributed by atoms with E-state index in [9.17, 15) is 4.79 Å². The predicted octanol–water partition coefficient (Wildman–Crippen LogP) is 2.69. The molecule has 2 rings (SSSR count).